The predicted octanol–water partition coefficient (Wildman–Crippen LogP) is 0.206. The number of aromatic nitrogens is 1. The van der Waals surface area contributed by atoms with Gasteiger partial charge < -0.3 is 10.8 Å². The average Bonchev–Trinajstić information content (AvgIpc) is 3.54. The Morgan fingerprint density at radius 2 is 2.12 bits per heavy atom. The first-order valence-electron chi connectivity index (χ1n) is 11.3. The van der Waals surface area contributed by atoms with Crippen LogP contribution in [0.5, 0.6) is 0 Å². The van der Waals surface area contributed by atoms with Gasteiger partial charge in [-0.15, -0.1) is 40.4 Å². The number of β-lactam (4-membered cyclic amide) rings is 1. The minimum atomic E-state index is -1.31. The number of fused-ring (bicyclic) bond motifs is 2. The van der Waals surface area contributed by atoms with Crippen molar-refractivity contribution >= 4 is 81.6 Å². The van der Waals surface area contributed by atoms with E-state index in [-0.39, 0.29) is 34.4 Å². The SMILES string of the molecule is CC1=NC2=CN(C(=O)N(C)O)NN2C(SCC2=C(C(=O)O)N3C(=O)[C@@H](N(C(=O)C=O)c4csc(N)n4)[C@H]3SC2)=C1. The fourth-order valence-corrected chi connectivity index (χ4v) is 7.43. The maximum Gasteiger partial charge on any atom is 0.363 e. The number of aldehydes is 1. The molecule has 16 nitrogen and oxygen atoms in total. The molecular weight excluding hydrogens is 586 g/mol. The van der Waals surface area contributed by atoms with Crippen molar-refractivity contribution in [3.8, 4) is 0 Å². The van der Waals surface area contributed by atoms with Gasteiger partial charge in [0.05, 0.1) is 11.2 Å². The molecule has 1 saturated heterocycles. The van der Waals surface area contributed by atoms with E-state index >= 15 is 0 Å². The van der Waals surface area contributed by atoms with Crippen molar-refractivity contribution in [2.75, 3.05) is 29.2 Å². The van der Waals surface area contributed by atoms with Crippen molar-refractivity contribution in [2.45, 2.75) is 18.3 Å². The highest BCUT2D eigenvalue weighted by molar-refractivity contribution is 8.03. The maximum absolute atomic E-state index is 13.3. The smallest absolute Gasteiger partial charge is 0.363 e. The van der Waals surface area contributed by atoms with Crippen LogP contribution >= 0.6 is 34.9 Å². The highest BCUT2D eigenvalue weighted by atomic mass is 32.2. The second-order valence-corrected chi connectivity index (χ2v) is 11.6. The van der Waals surface area contributed by atoms with E-state index in [1.807, 2.05) is 0 Å². The van der Waals surface area contributed by atoms with Gasteiger partial charge >= 0.3 is 12.0 Å². The molecule has 1 fully saturated rings. The monoisotopic (exact) mass is 607 g/mol. The number of hydrogen-bond donors (Lipinski definition) is 4. The molecule has 0 spiro atoms. The quantitative estimate of drug-likeness (QED) is 0.108. The number of thioether (sulfide) groups is 2. The molecule has 5 heterocycles. The van der Waals surface area contributed by atoms with E-state index in [0.29, 0.717) is 27.2 Å². The number of nitrogens with one attached hydrogen (secondary N) is 1. The minimum absolute atomic E-state index is 0.0450. The Balaban J connectivity index is 1.36. The van der Waals surface area contributed by atoms with Crippen LogP contribution in [0.15, 0.2) is 44.8 Å². The lowest BCUT2D eigenvalue weighted by Gasteiger charge is -2.52. The number of rotatable bonds is 7. The Bertz CT molecular complexity index is 1450. The summed E-state index contributed by atoms with van der Waals surface area (Å²) < 4.78 is 0. The second-order valence-electron chi connectivity index (χ2n) is 8.61. The van der Waals surface area contributed by atoms with Gasteiger partial charge in [-0.3, -0.25) is 29.4 Å². The Kier molecular flexibility index (Phi) is 7.31. The van der Waals surface area contributed by atoms with E-state index in [4.69, 9.17) is 5.73 Å². The molecule has 0 radical (unpaired) electrons. The molecule has 0 aliphatic carbocycles. The zero-order valence-corrected chi connectivity index (χ0v) is 23.2. The first kappa shape index (κ1) is 27.6. The van der Waals surface area contributed by atoms with Gasteiger partial charge in [0.1, 0.15) is 22.9 Å². The number of nitrogens with two attached hydrogens (primary N) is 1. The number of aliphatic imine (C=N–C) groups is 1. The number of carbonyl (C=O) groups excluding carboxylic acids is 4. The van der Waals surface area contributed by atoms with Crippen LogP contribution in [-0.2, 0) is 19.2 Å². The fourth-order valence-electron chi connectivity index (χ4n) is 4.30. The van der Waals surface area contributed by atoms with Gasteiger partial charge in [0.15, 0.2) is 11.0 Å². The standard InChI is InChI=1S/C21H21N9O7S3/c1-9-3-14(30-11(23-9)4-27(25-30)21(36)26(2)37)38-6-10-7-39-18-16(17(33)29(18)15(10)19(34)35)28(13(32)5-31)12-8-40-20(22)24-12/h3-5,8,16,18,25,37H,6-7H2,1-2H3,(H2,22,24)(H,34,35)/t16-,18-/m1/s1. The van der Waals surface area contributed by atoms with E-state index in [1.54, 1.807) is 13.0 Å². The van der Waals surface area contributed by atoms with E-state index in [9.17, 15) is 34.3 Å². The molecule has 5 rings (SSSR count). The summed E-state index contributed by atoms with van der Waals surface area (Å²) in [7, 11) is 1.18. The Morgan fingerprint density at radius 1 is 1.38 bits per heavy atom. The number of allylic oxidation sites excluding steroid dienone is 1. The summed E-state index contributed by atoms with van der Waals surface area (Å²) in [5.74, 6) is -2.12. The number of anilines is 2. The molecule has 4 aliphatic heterocycles. The van der Waals surface area contributed by atoms with Crippen LogP contribution in [0.4, 0.5) is 15.7 Å². The zero-order chi connectivity index (χ0) is 28.9. The van der Waals surface area contributed by atoms with Gasteiger partial charge in [0.2, 0.25) is 6.29 Å². The summed E-state index contributed by atoms with van der Waals surface area (Å²) in [5.41, 5.74) is 9.37. The van der Waals surface area contributed by atoms with Crippen molar-refractivity contribution < 1.29 is 34.3 Å². The van der Waals surface area contributed by atoms with Crippen LogP contribution in [-0.4, -0.2) is 101 Å². The van der Waals surface area contributed by atoms with Gasteiger partial charge in [-0.25, -0.2) is 34.6 Å². The van der Waals surface area contributed by atoms with Gasteiger partial charge in [-0.05, 0) is 18.6 Å². The van der Waals surface area contributed by atoms with Crippen molar-refractivity contribution in [1.82, 2.24) is 30.5 Å². The average molecular weight is 608 g/mol. The fraction of sp³-hybridized carbons (Fsp3) is 0.286. The summed E-state index contributed by atoms with van der Waals surface area (Å²) in [4.78, 5) is 72.0. The number of thiazole rings is 1. The van der Waals surface area contributed by atoms with Crippen LogP contribution < -0.4 is 16.2 Å². The Hall–Kier alpha value is -3.91. The van der Waals surface area contributed by atoms with E-state index in [1.165, 1.54) is 47.2 Å². The second kappa shape index (κ2) is 10.6. The number of amides is 4. The third kappa shape index (κ3) is 4.70. The molecular formula is C21H21N9O7S3. The maximum atomic E-state index is 13.3. The number of nitrogens with zero attached hydrogens (tertiary/aromatic N) is 7. The first-order chi connectivity index (χ1) is 19.0. The topological polar surface area (TPSA) is 205 Å². The summed E-state index contributed by atoms with van der Waals surface area (Å²) in [6.07, 6.45) is 3.20. The first-order valence-corrected chi connectivity index (χ1v) is 14.3. The number of carboxylic acid groups (broad SMARTS) is 1. The molecule has 19 heteroatoms. The van der Waals surface area contributed by atoms with Gasteiger partial charge in [0, 0.05) is 29.6 Å². The summed E-state index contributed by atoms with van der Waals surface area (Å²) in [6, 6.07) is -1.87. The molecule has 2 atom stereocenters. The molecule has 0 bridgehead atoms. The van der Waals surface area contributed by atoms with Crippen molar-refractivity contribution in [2.24, 2.45) is 4.99 Å². The third-order valence-corrected chi connectivity index (χ3v) is 9.07. The lowest BCUT2D eigenvalue weighted by Crippen LogP contribution is -2.72. The lowest BCUT2D eigenvalue weighted by atomic mass is 10.0. The Morgan fingerprint density at radius 3 is 2.75 bits per heavy atom. The summed E-state index contributed by atoms with van der Waals surface area (Å²) in [5, 5.41) is 23.9. The largest absolute Gasteiger partial charge is 0.477 e. The molecule has 4 aliphatic rings. The van der Waals surface area contributed by atoms with Crippen molar-refractivity contribution in [3.63, 3.8) is 0 Å². The number of carbonyl (C=O) groups is 5. The molecule has 210 valence electrons. The number of carboxylic acids is 1. The normalized spacial score (nSPS) is 21.6. The number of aliphatic carboxylic acids is 1. The van der Waals surface area contributed by atoms with Crippen molar-refractivity contribution in [1.29, 1.82) is 0 Å². The van der Waals surface area contributed by atoms with Crippen LogP contribution in [0, 0.1) is 0 Å². The van der Waals surface area contributed by atoms with Gasteiger partial charge in [-0.2, -0.15) is 0 Å². The number of urea groups is 1. The molecule has 5 N–H and O–H groups in total. The molecule has 1 aromatic rings. The lowest BCUT2D eigenvalue weighted by molar-refractivity contribution is -0.149. The molecule has 0 saturated carbocycles. The molecule has 4 amide bonds. The highest BCUT2D eigenvalue weighted by Crippen LogP contribution is 2.45. The number of hydroxylamine groups is 2. The van der Waals surface area contributed by atoms with E-state index in [0.717, 1.165) is 26.1 Å². The zero-order valence-electron chi connectivity index (χ0n) is 20.7. The molecule has 40 heavy (non-hydrogen) atoms. The predicted molar refractivity (Wildman–Crippen MR) is 145 cm³/mol. The van der Waals surface area contributed by atoms with Crippen LogP contribution in [0.1, 0.15) is 6.92 Å². The summed E-state index contributed by atoms with van der Waals surface area (Å²) >= 11 is 3.55. The third-order valence-electron chi connectivity index (χ3n) is 6.00. The molecule has 0 unspecified atom stereocenters. The highest BCUT2D eigenvalue weighted by Gasteiger charge is 2.57. The van der Waals surface area contributed by atoms with Crippen LogP contribution in [0.3, 0.4) is 0 Å². The Labute approximate surface area is 238 Å². The molecule has 1 aromatic heterocycles. The van der Waals surface area contributed by atoms with Crippen LogP contribution in [0.2, 0.25) is 0 Å². The van der Waals surface area contributed by atoms with E-state index < -0.39 is 35.2 Å². The number of hydrazine groups is 2. The van der Waals surface area contributed by atoms with Gasteiger partial charge in [-0.1, -0.05) is 0 Å². The van der Waals surface area contributed by atoms with E-state index in [2.05, 4.69) is 15.5 Å². The number of hydrogen-bond acceptors (Lipinski definition) is 14. The molecule has 0 aromatic carbocycles. The van der Waals surface area contributed by atoms with Crippen molar-refractivity contribution in [3.05, 3.63) is 39.8 Å². The van der Waals surface area contributed by atoms with Crippen LogP contribution in [0.25, 0.3) is 0 Å². The minimum Gasteiger partial charge on any atom is -0.477 e. The number of nitrogen functional groups attached to an aromatic ring is 1. The summed E-state index contributed by atoms with van der Waals surface area (Å²) in [6.45, 7) is 1.76. The van der Waals surface area contributed by atoms with Gasteiger partial charge in [0.25, 0.3) is 11.8 Å².